The first-order valence-electron chi connectivity index (χ1n) is 10.3. The minimum atomic E-state index is 0.0398. The van der Waals surface area contributed by atoms with Crippen molar-refractivity contribution in [1.82, 2.24) is 19.9 Å². The van der Waals surface area contributed by atoms with E-state index in [0.29, 0.717) is 5.56 Å². The summed E-state index contributed by atoms with van der Waals surface area (Å²) in [6, 6.07) is 19.5. The van der Waals surface area contributed by atoms with E-state index in [4.69, 9.17) is 0 Å². The van der Waals surface area contributed by atoms with Crippen LogP contribution in [0.4, 0.5) is 0 Å². The second-order valence-electron chi connectivity index (χ2n) is 7.57. The molecule has 5 nitrogen and oxygen atoms in total. The van der Waals surface area contributed by atoms with Crippen LogP contribution in [0.1, 0.15) is 41.4 Å². The van der Waals surface area contributed by atoms with Crippen molar-refractivity contribution in [1.29, 1.82) is 0 Å². The van der Waals surface area contributed by atoms with Crippen LogP contribution in [0, 0.1) is 0 Å². The zero-order chi connectivity index (χ0) is 20.3. The van der Waals surface area contributed by atoms with Gasteiger partial charge in [0.25, 0.3) is 5.91 Å². The number of hydrogen-bond donors (Lipinski definition) is 0. The van der Waals surface area contributed by atoms with Crippen LogP contribution in [-0.2, 0) is 0 Å². The van der Waals surface area contributed by atoms with Crippen molar-refractivity contribution >= 4 is 16.8 Å². The maximum Gasteiger partial charge on any atom is 0.254 e. The molecular formula is C25H22N4O. The molecule has 30 heavy (non-hydrogen) atoms. The van der Waals surface area contributed by atoms with Crippen molar-refractivity contribution in [3.63, 3.8) is 0 Å². The highest BCUT2D eigenvalue weighted by Gasteiger charge is 2.29. The molecule has 0 bridgehead atoms. The Morgan fingerprint density at radius 1 is 0.833 bits per heavy atom. The van der Waals surface area contributed by atoms with Crippen molar-refractivity contribution in [2.75, 3.05) is 6.54 Å². The third-order valence-corrected chi connectivity index (χ3v) is 5.73. The second kappa shape index (κ2) is 8.03. The average Bonchev–Trinajstić information content (AvgIpc) is 2.84. The van der Waals surface area contributed by atoms with Crippen molar-refractivity contribution in [3.8, 4) is 11.3 Å². The number of pyridine rings is 3. The topological polar surface area (TPSA) is 59.0 Å². The van der Waals surface area contributed by atoms with Gasteiger partial charge in [-0.2, -0.15) is 0 Å². The predicted octanol–water partition coefficient (Wildman–Crippen LogP) is 5.06. The first kappa shape index (κ1) is 18.4. The lowest BCUT2D eigenvalue weighted by molar-refractivity contribution is 0.0606. The standard InChI is InChI=1S/C25H22N4O/c30-25(29-17-4-2-8-23(29)22-7-1-3-14-27-22)19-11-9-18(10-12-19)24-20-6-5-15-26-21(20)13-16-28-24/h1,3,5-7,9-16,23H,2,4,8,17H2. The zero-order valence-corrected chi connectivity index (χ0v) is 16.6. The summed E-state index contributed by atoms with van der Waals surface area (Å²) in [5.41, 5.74) is 4.43. The van der Waals surface area contributed by atoms with Gasteiger partial charge in [-0.1, -0.05) is 18.2 Å². The van der Waals surface area contributed by atoms with Crippen molar-refractivity contribution in [2.24, 2.45) is 0 Å². The van der Waals surface area contributed by atoms with E-state index >= 15 is 0 Å². The molecule has 1 aliphatic heterocycles. The fraction of sp³-hybridized carbons (Fsp3) is 0.200. The Kier molecular flexibility index (Phi) is 4.93. The minimum absolute atomic E-state index is 0.0398. The highest BCUT2D eigenvalue weighted by Crippen LogP contribution is 2.31. The highest BCUT2D eigenvalue weighted by atomic mass is 16.2. The Labute approximate surface area is 175 Å². The first-order valence-corrected chi connectivity index (χ1v) is 10.3. The lowest BCUT2D eigenvalue weighted by Crippen LogP contribution is -2.38. The second-order valence-corrected chi connectivity index (χ2v) is 7.57. The Bertz CT molecular complexity index is 1170. The van der Waals surface area contributed by atoms with E-state index in [-0.39, 0.29) is 11.9 Å². The minimum Gasteiger partial charge on any atom is -0.330 e. The molecule has 4 heterocycles. The quantitative estimate of drug-likeness (QED) is 0.487. The molecule has 1 fully saturated rings. The molecule has 3 aromatic heterocycles. The van der Waals surface area contributed by atoms with Crippen LogP contribution >= 0.6 is 0 Å². The van der Waals surface area contributed by atoms with Crippen LogP contribution in [0.2, 0.25) is 0 Å². The summed E-state index contributed by atoms with van der Waals surface area (Å²) in [5, 5.41) is 1.00. The van der Waals surface area contributed by atoms with Gasteiger partial charge in [-0.05, 0) is 61.7 Å². The molecule has 1 amide bonds. The van der Waals surface area contributed by atoms with Gasteiger partial charge in [-0.15, -0.1) is 0 Å². The Morgan fingerprint density at radius 2 is 1.70 bits per heavy atom. The van der Waals surface area contributed by atoms with Crippen molar-refractivity contribution in [2.45, 2.75) is 25.3 Å². The lowest BCUT2D eigenvalue weighted by atomic mass is 9.97. The van der Waals surface area contributed by atoms with Crippen molar-refractivity contribution < 1.29 is 4.79 Å². The molecule has 0 radical (unpaired) electrons. The van der Waals surface area contributed by atoms with E-state index in [2.05, 4.69) is 15.0 Å². The van der Waals surface area contributed by atoms with Gasteiger partial charge in [-0.25, -0.2) is 0 Å². The molecule has 1 saturated heterocycles. The predicted molar refractivity (Wildman–Crippen MR) is 117 cm³/mol. The molecule has 1 aliphatic rings. The molecule has 0 aliphatic carbocycles. The maximum absolute atomic E-state index is 13.3. The third kappa shape index (κ3) is 3.43. The average molecular weight is 394 g/mol. The number of carbonyl (C=O) groups is 1. The largest absolute Gasteiger partial charge is 0.330 e. The van der Waals surface area contributed by atoms with Crippen LogP contribution in [0.5, 0.6) is 0 Å². The van der Waals surface area contributed by atoms with Gasteiger partial charge in [0.15, 0.2) is 0 Å². The SMILES string of the molecule is O=C(c1ccc(-c2nccc3ncccc23)cc1)N1CCCCC1c1ccccn1. The maximum atomic E-state index is 13.3. The van der Waals surface area contributed by atoms with E-state index in [1.807, 2.05) is 65.6 Å². The number of likely N-dealkylation sites (tertiary alicyclic amines) is 1. The molecule has 1 aromatic carbocycles. The normalized spacial score (nSPS) is 16.5. The van der Waals surface area contributed by atoms with E-state index in [1.54, 1.807) is 18.6 Å². The van der Waals surface area contributed by atoms with Crippen LogP contribution in [0.15, 0.2) is 79.3 Å². The summed E-state index contributed by atoms with van der Waals surface area (Å²) in [6.45, 7) is 0.762. The summed E-state index contributed by atoms with van der Waals surface area (Å²) in [6.07, 6.45) is 8.45. The van der Waals surface area contributed by atoms with Crippen LogP contribution < -0.4 is 0 Å². The van der Waals surface area contributed by atoms with Gasteiger partial charge in [0.2, 0.25) is 0 Å². The number of hydrogen-bond acceptors (Lipinski definition) is 4. The van der Waals surface area contributed by atoms with Gasteiger partial charge < -0.3 is 4.90 Å². The van der Waals surface area contributed by atoms with Crippen LogP contribution in [-0.4, -0.2) is 32.3 Å². The molecule has 148 valence electrons. The number of fused-ring (bicyclic) bond motifs is 1. The monoisotopic (exact) mass is 394 g/mol. The Balaban J connectivity index is 1.44. The number of nitrogens with zero attached hydrogens (tertiary/aromatic N) is 4. The van der Waals surface area contributed by atoms with E-state index < -0.39 is 0 Å². The number of carbonyl (C=O) groups excluding carboxylic acids is 1. The summed E-state index contributed by atoms with van der Waals surface area (Å²) < 4.78 is 0. The number of benzene rings is 1. The van der Waals surface area contributed by atoms with Gasteiger partial charge >= 0.3 is 0 Å². The molecule has 4 aromatic rings. The zero-order valence-electron chi connectivity index (χ0n) is 16.6. The van der Waals surface area contributed by atoms with Gasteiger partial charge in [0.05, 0.1) is 22.9 Å². The fourth-order valence-corrected chi connectivity index (χ4v) is 4.22. The molecule has 5 rings (SSSR count). The summed E-state index contributed by atoms with van der Waals surface area (Å²) >= 11 is 0. The number of rotatable bonds is 3. The molecule has 0 spiro atoms. The smallest absolute Gasteiger partial charge is 0.254 e. The summed E-state index contributed by atoms with van der Waals surface area (Å²) in [5.74, 6) is 0.0597. The van der Waals surface area contributed by atoms with Crippen LogP contribution in [0.25, 0.3) is 22.2 Å². The number of aromatic nitrogens is 3. The number of piperidine rings is 1. The summed E-state index contributed by atoms with van der Waals surface area (Å²) in [7, 11) is 0. The van der Waals surface area contributed by atoms with Gasteiger partial charge in [0, 0.05) is 41.6 Å². The Hall–Kier alpha value is -3.60. The molecule has 5 heteroatoms. The van der Waals surface area contributed by atoms with Crippen molar-refractivity contribution in [3.05, 3.63) is 90.5 Å². The van der Waals surface area contributed by atoms with E-state index in [1.165, 1.54) is 0 Å². The fourth-order valence-electron chi connectivity index (χ4n) is 4.22. The highest BCUT2D eigenvalue weighted by molar-refractivity contribution is 5.96. The molecule has 0 N–H and O–H groups in total. The molecular weight excluding hydrogens is 372 g/mol. The van der Waals surface area contributed by atoms with Gasteiger partial charge in [0.1, 0.15) is 0 Å². The van der Waals surface area contributed by atoms with Crippen LogP contribution in [0.3, 0.4) is 0 Å². The number of amides is 1. The lowest BCUT2D eigenvalue weighted by Gasteiger charge is -2.35. The first-order chi connectivity index (χ1) is 14.8. The third-order valence-electron chi connectivity index (χ3n) is 5.73. The molecule has 0 saturated carbocycles. The molecule has 1 unspecified atom stereocenters. The molecule has 1 atom stereocenters. The van der Waals surface area contributed by atoms with E-state index in [0.717, 1.165) is 53.7 Å². The van der Waals surface area contributed by atoms with Gasteiger partial charge in [-0.3, -0.25) is 19.7 Å². The van der Waals surface area contributed by atoms with E-state index in [9.17, 15) is 4.79 Å². The Morgan fingerprint density at radius 3 is 2.53 bits per heavy atom. The summed E-state index contributed by atoms with van der Waals surface area (Å²) in [4.78, 5) is 28.7.